The first-order valence-corrected chi connectivity index (χ1v) is 4.35. The number of ketones is 1. The van der Waals surface area contributed by atoms with Crippen molar-refractivity contribution in [2.75, 3.05) is 0 Å². The third-order valence-corrected chi connectivity index (χ3v) is 1.93. The molecular formula is C11H14O. The van der Waals surface area contributed by atoms with Gasteiger partial charge in [-0.15, -0.1) is 0 Å². The minimum absolute atomic E-state index is 0.260. The Morgan fingerprint density at radius 1 is 1.33 bits per heavy atom. The zero-order chi connectivity index (χ0) is 8.81. The van der Waals surface area contributed by atoms with Gasteiger partial charge < -0.3 is 0 Å². The van der Waals surface area contributed by atoms with Crippen LogP contribution < -0.4 is 0 Å². The summed E-state index contributed by atoms with van der Waals surface area (Å²) in [5.41, 5.74) is 1.14. The van der Waals surface area contributed by atoms with Gasteiger partial charge in [0.15, 0.2) is 5.78 Å². The van der Waals surface area contributed by atoms with E-state index in [9.17, 15) is 4.79 Å². The van der Waals surface area contributed by atoms with E-state index >= 15 is 0 Å². The van der Waals surface area contributed by atoms with Crippen LogP contribution in [0, 0.1) is 0 Å². The normalized spacial score (nSPS) is 19.0. The molecule has 0 N–H and O–H groups in total. The van der Waals surface area contributed by atoms with E-state index in [0.717, 1.165) is 24.8 Å². The molecule has 1 heteroatoms. The fourth-order valence-electron chi connectivity index (χ4n) is 1.30. The number of allylic oxidation sites excluding steroid dienone is 5. The molecule has 0 unspecified atom stereocenters. The summed E-state index contributed by atoms with van der Waals surface area (Å²) in [7, 11) is 0. The second kappa shape index (κ2) is 4.70. The van der Waals surface area contributed by atoms with Gasteiger partial charge >= 0.3 is 0 Å². The lowest BCUT2D eigenvalue weighted by Crippen LogP contribution is -1.89. The van der Waals surface area contributed by atoms with Crippen molar-refractivity contribution in [3.63, 3.8) is 0 Å². The van der Waals surface area contributed by atoms with Gasteiger partial charge in [-0.1, -0.05) is 24.8 Å². The third kappa shape index (κ3) is 2.87. The van der Waals surface area contributed by atoms with Crippen LogP contribution >= 0.6 is 0 Å². The van der Waals surface area contributed by atoms with Crippen LogP contribution in [0.15, 0.2) is 36.5 Å². The molecule has 0 atom stereocenters. The van der Waals surface area contributed by atoms with Gasteiger partial charge in [0.2, 0.25) is 0 Å². The standard InChI is InChI=1S/C11H14O/c1-2-3-6-10-7-4-5-8-11(12)9-10/h2-3,6,9H,1,4-5,7-8H2. The third-order valence-electron chi connectivity index (χ3n) is 1.93. The van der Waals surface area contributed by atoms with Crippen molar-refractivity contribution in [2.24, 2.45) is 0 Å². The molecule has 0 spiro atoms. The highest BCUT2D eigenvalue weighted by Crippen LogP contribution is 2.15. The zero-order valence-corrected chi connectivity index (χ0v) is 7.25. The van der Waals surface area contributed by atoms with Crippen molar-refractivity contribution < 1.29 is 4.79 Å². The highest BCUT2D eigenvalue weighted by Gasteiger charge is 2.05. The highest BCUT2D eigenvalue weighted by molar-refractivity contribution is 5.90. The van der Waals surface area contributed by atoms with Gasteiger partial charge in [0.1, 0.15) is 0 Å². The molecule has 12 heavy (non-hydrogen) atoms. The molecule has 0 bridgehead atoms. The molecule has 1 rings (SSSR count). The highest BCUT2D eigenvalue weighted by atomic mass is 16.1. The first-order valence-electron chi connectivity index (χ1n) is 4.35. The maximum Gasteiger partial charge on any atom is 0.155 e. The van der Waals surface area contributed by atoms with E-state index in [0.29, 0.717) is 6.42 Å². The average Bonchev–Trinajstić information content (AvgIpc) is 2.26. The van der Waals surface area contributed by atoms with Crippen LogP contribution in [-0.4, -0.2) is 5.78 Å². The van der Waals surface area contributed by atoms with Crippen molar-refractivity contribution in [3.8, 4) is 0 Å². The fraction of sp³-hybridized carbons (Fsp3) is 0.364. The summed E-state index contributed by atoms with van der Waals surface area (Å²) in [6.45, 7) is 3.59. The lowest BCUT2D eigenvalue weighted by atomic mass is 10.1. The van der Waals surface area contributed by atoms with Gasteiger partial charge in [0.25, 0.3) is 0 Å². The van der Waals surface area contributed by atoms with E-state index in [1.807, 2.05) is 12.2 Å². The summed E-state index contributed by atoms with van der Waals surface area (Å²) in [5, 5.41) is 0. The second-order valence-electron chi connectivity index (χ2n) is 2.99. The average molecular weight is 162 g/mol. The minimum atomic E-state index is 0.260. The van der Waals surface area contributed by atoms with Gasteiger partial charge in [-0.2, -0.15) is 0 Å². The Morgan fingerprint density at radius 3 is 2.83 bits per heavy atom. The molecule has 0 aromatic heterocycles. The summed E-state index contributed by atoms with van der Waals surface area (Å²) in [6.07, 6.45) is 11.2. The molecule has 0 aliphatic heterocycles. The Balaban J connectivity index is 2.65. The molecule has 0 aromatic rings. The fourth-order valence-corrected chi connectivity index (χ4v) is 1.30. The maximum atomic E-state index is 11.1. The van der Waals surface area contributed by atoms with Crippen molar-refractivity contribution in [1.29, 1.82) is 0 Å². The summed E-state index contributed by atoms with van der Waals surface area (Å²) < 4.78 is 0. The van der Waals surface area contributed by atoms with E-state index in [-0.39, 0.29) is 5.78 Å². The Labute approximate surface area is 73.5 Å². The van der Waals surface area contributed by atoms with Crippen LogP contribution in [0.4, 0.5) is 0 Å². The Morgan fingerprint density at radius 2 is 2.08 bits per heavy atom. The van der Waals surface area contributed by atoms with Crippen molar-refractivity contribution >= 4 is 5.78 Å². The van der Waals surface area contributed by atoms with Gasteiger partial charge in [0.05, 0.1) is 0 Å². The molecule has 64 valence electrons. The van der Waals surface area contributed by atoms with E-state index < -0.39 is 0 Å². The van der Waals surface area contributed by atoms with Crippen molar-refractivity contribution in [2.45, 2.75) is 25.7 Å². The van der Waals surface area contributed by atoms with Crippen LogP contribution in [0.5, 0.6) is 0 Å². The topological polar surface area (TPSA) is 17.1 Å². The van der Waals surface area contributed by atoms with Gasteiger partial charge in [-0.3, -0.25) is 4.79 Å². The van der Waals surface area contributed by atoms with E-state index in [1.165, 1.54) is 0 Å². The molecule has 1 aliphatic rings. The number of carbonyl (C=O) groups is 1. The molecule has 0 aromatic carbocycles. The molecule has 1 aliphatic carbocycles. The summed E-state index contributed by atoms with van der Waals surface area (Å²) >= 11 is 0. The molecule has 0 radical (unpaired) electrons. The van der Waals surface area contributed by atoms with Gasteiger partial charge in [-0.05, 0) is 30.9 Å². The Hall–Kier alpha value is -1.11. The number of hydrogen-bond donors (Lipinski definition) is 0. The van der Waals surface area contributed by atoms with E-state index in [4.69, 9.17) is 0 Å². The smallest absolute Gasteiger partial charge is 0.155 e. The first-order chi connectivity index (χ1) is 5.83. The van der Waals surface area contributed by atoms with E-state index in [2.05, 4.69) is 6.58 Å². The molecule has 0 fully saturated rings. The van der Waals surface area contributed by atoms with Crippen molar-refractivity contribution in [1.82, 2.24) is 0 Å². The predicted octanol–water partition coefficient (Wildman–Crippen LogP) is 2.80. The monoisotopic (exact) mass is 162 g/mol. The lowest BCUT2D eigenvalue weighted by molar-refractivity contribution is -0.114. The first kappa shape index (κ1) is 8.98. The molecule has 0 amide bonds. The Bertz CT molecular complexity index is 233. The SMILES string of the molecule is C=CC=CC1=CC(=O)CCCC1. The largest absolute Gasteiger partial charge is 0.295 e. The van der Waals surface area contributed by atoms with Crippen LogP contribution in [0.25, 0.3) is 0 Å². The minimum Gasteiger partial charge on any atom is -0.295 e. The number of carbonyl (C=O) groups excluding carboxylic acids is 1. The number of hydrogen-bond acceptors (Lipinski definition) is 1. The second-order valence-corrected chi connectivity index (χ2v) is 2.99. The molecule has 0 saturated heterocycles. The molecule has 0 saturated carbocycles. The van der Waals surface area contributed by atoms with E-state index in [1.54, 1.807) is 12.2 Å². The number of rotatable bonds is 2. The van der Waals surface area contributed by atoms with Crippen molar-refractivity contribution in [3.05, 3.63) is 36.5 Å². The van der Waals surface area contributed by atoms with Gasteiger partial charge in [-0.25, -0.2) is 0 Å². The summed E-state index contributed by atoms with van der Waals surface area (Å²) in [6, 6.07) is 0. The van der Waals surface area contributed by atoms with Crippen LogP contribution in [-0.2, 0) is 4.79 Å². The lowest BCUT2D eigenvalue weighted by Gasteiger charge is -1.94. The van der Waals surface area contributed by atoms with Crippen LogP contribution in [0.3, 0.4) is 0 Å². The van der Waals surface area contributed by atoms with Gasteiger partial charge in [0, 0.05) is 6.42 Å². The molecule has 1 nitrogen and oxygen atoms in total. The summed E-state index contributed by atoms with van der Waals surface area (Å²) in [4.78, 5) is 11.1. The van der Waals surface area contributed by atoms with Crippen LogP contribution in [0.1, 0.15) is 25.7 Å². The quantitative estimate of drug-likeness (QED) is 0.570. The maximum absolute atomic E-state index is 11.1. The Kier molecular flexibility index (Phi) is 3.52. The predicted molar refractivity (Wildman–Crippen MR) is 50.9 cm³/mol. The summed E-state index contributed by atoms with van der Waals surface area (Å²) in [5.74, 6) is 0.260. The van der Waals surface area contributed by atoms with Crippen LogP contribution in [0.2, 0.25) is 0 Å². The molecular weight excluding hydrogens is 148 g/mol. The zero-order valence-electron chi connectivity index (χ0n) is 7.25. The molecule has 0 heterocycles.